The number of nitrogens with zero attached hydrogens (tertiary/aromatic N) is 1. The summed E-state index contributed by atoms with van der Waals surface area (Å²) in [6.07, 6.45) is 2.98. The molecule has 0 aliphatic carbocycles. The predicted octanol–water partition coefficient (Wildman–Crippen LogP) is 4.14. The van der Waals surface area contributed by atoms with E-state index in [1.165, 1.54) is 5.56 Å². The molecule has 0 radical (unpaired) electrons. The van der Waals surface area contributed by atoms with Crippen molar-refractivity contribution in [1.82, 2.24) is 4.90 Å². The number of benzene rings is 2. The molecule has 168 valence electrons. The van der Waals surface area contributed by atoms with E-state index in [4.69, 9.17) is 8.92 Å². The Morgan fingerprint density at radius 1 is 1.10 bits per heavy atom. The molecule has 6 nitrogen and oxygen atoms in total. The van der Waals surface area contributed by atoms with E-state index >= 15 is 0 Å². The molecule has 0 aromatic heterocycles. The largest absolute Gasteiger partial charge is 0.383 e. The normalized spacial score (nSPS) is 16.8. The van der Waals surface area contributed by atoms with Gasteiger partial charge in [0.2, 0.25) is 0 Å². The van der Waals surface area contributed by atoms with Gasteiger partial charge in [-0.2, -0.15) is 8.42 Å². The molecule has 2 aromatic rings. The fourth-order valence-corrected chi connectivity index (χ4v) is 4.06. The van der Waals surface area contributed by atoms with E-state index in [1.807, 2.05) is 24.3 Å². The summed E-state index contributed by atoms with van der Waals surface area (Å²) in [7, 11) is -3.57. The molecule has 1 aliphatic rings. The quantitative estimate of drug-likeness (QED) is 0.599. The molecule has 1 saturated heterocycles. The Kier molecular flexibility index (Phi) is 7.06. The van der Waals surface area contributed by atoms with Crippen molar-refractivity contribution in [3.05, 3.63) is 65.2 Å². The summed E-state index contributed by atoms with van der Waals surface area (Å²) in [5.41, 5.74) is 2.73. The van der Waals surface area contributed by atoms with Crippen molar-refractivity contribution in [2.45, 2.75) is 51.7 Å². The molecule has 0 saturated carbocycles. The zero-order chi connectivity index (χ0) is 22.6. The van der Waals surface area contributed by atoms with E-state index < -0.39 is 10.1 Å². The Morgan fingerprint density at radius 3 is 2.26 bits per heavy atom. The van der Waals surface area contributed by atoms with Gasteiger partial charge in [-0.3, -0.25) is 4.79 Å². The van der Waals surface area contributed by atoms with Crippen molar-refractivity contribution >= 4 is 16.0 Å². The van der Waals surface area contributed by atoms with Gasteiger partial charge in [0.15, 0.2) is 0 Å². The minimum Gasteiger partial charge on any atom is -0.383 e. The Labute approximate surface area is 185 Å². The summed E-state index contributed by atoms with van der Waals surface area (Å²) in [5.74, 6) is 0.202. The van der Waals surface area contributed by atoms with E-state index in [9.17, 15) is 13.2 Å². The number of ether oxygens (including phenoxy) is 1. The van der Waals surface area contributed by atoms with Crippen molar-refractivity contribution in [2.75, 3.05) is 19.4 Å². The summed E-state index contributed by atoms with van der Waals surface area (Å²) in [6.45, 7) is 8.07. The SMILES string of the molecule is CC(C)(C)c1ccc(C(=O)N(Cc2ccc(OS(C)(=O)=O)cc2)CC2CCCO2)cc1. The average Bonchev–Trinajstić information content (AvgIpc) is 3.20. The van der Waals surface area contributed by atoms with E-state index in [1.54, 1.807) is 29.2 Å². The molecule has 0 bridgehead atoms. The highest BCUT2D eigenvalue weighted by atomic mass is 32.2. The molecule has 31 heavy (non-hydrogen) atoms. The molecule has 1 aliphatic heterocycles. The fourth-order valence-electron chi connectivity index (χ4n) is 3.59. The third kappa shape index (κ3) is 6.80. The first-order valence-electron chi connectivity index (χ1n) is 10.5. The van der Waals surface area contributed by atoms with Crippen LogP contribution in [0.4, 0.5) is 0 Å². The van der Waals surface area contributed by atoms with E-state index in [2.05, 4.69) is 20.8 Å². The van der Waals surface area contributed by atoms with Crippen LogP contribution in [0.3, 0.4) is 0 Å². The Morgan fingerprint density at radius 2 is 1.74 bits per heavy atom. The molecular weight excluding hydrogens is 414 g/mol. The second-order valence-corrected chi connectivity index (χ2v) is 10.7. The van der Waals surface area contributed by atoms with Crippen LogP contribution in [0.5, 0.6) is 5.75 Å². The second-order valence-electron chi connectivity index (χ2n) is 9.08. The summed E-state index contributed by atoms with van der Waals surface area (Å²) < 4.78 is 33.3. The maximum atomic E-state index is 13.3. The van der Waals surface area contributed by atoms with Crippen LogP contribution in [-0.2, 0) is 26.8 Å². The molecular formula is C24H31NO5S. The maximum Gasteiger partial charge on any atom is 0.306 e. The first-order chi connectivity index (χ1) is 14.5. The lowest BCUT2D eigenvalue weighted by atomic mass is 9.86. The molecule has 2 aromatic carbocycles. The topological polar surface area (TPSA) is 72.9 Å². The first kappa shape index (κ1) is 23.3. The monoisotopic (exact) mass is 445 g/mol. The van der Waals surface area contributed by atoms with Crippen LogP contribution in [0.2, 0.25) is 0 Å². The van der Waals surface area contributed by atoms with Crippen LogP contribution in [-0.4, -0.2) is 44.7 Å². The van der Waals surface area contributed by atoms with Crippen LogP contribution < -0.4 is 4.18 Å². The van der Waals surface area contributed by atoms with Gasteiger partial charge in [-0.1, -0.05) is 45.0 Å². The van der Waals surface area contributed by atoms with Gasteiger partial charge in [0.1, 0.15) is 5.75 Å². The lowest BCUT2D eigenvalue weighted by Crippen LogP contribution is -2.37. The number of carbonyl (C=O) groups excluding carboxylic acids is 1. The van der Waals surface area contributed by atoms with Crippen molar-refractivity contribution in [3.8, 4) is 5.75 Å². The van der Waals surface area contributed by atoms with Crippen molar-refractivity contribution in [1.29, 1.82) is 0 Å². The van der Waals surface area contributed by atoms with Crippen molar-refractivity contribution in [2.24, 2.45) is 0 Å². The Bertz CT molecular complexity index is 986. The third-order valence-electron chi connectivity index (χ3n) is 5.28. The smallest absolute Gasteiger partial charge is 0.306 e. The van der Waals surface area contributed by atoms with Gasteiger partial charge in [-0.25, -0.2) is 0 Å². The van der Waals surface area contributed by atoms with Crippen LogP contribution in [0.15, 0.2) is 48.5 Å². The zero-order valence-corrected chi connectivity index (χ0v) is 19.4. The molecule has 1 unspecified atom stereocenters. The van der Waals surface area contributed by atoms with E-state index in [0.29, 0.717) is 18.7 Å². The lowest BCUT2D eigenvalue weighted by molar-refractivity contribution is 0.0507. The highest BCUT2D eigenvalue weighted by Crippen LogP contribution is 2.24. The van der Waals surface area contributed by atoms with Gasteiger partial charge in [0, 0.05) is 25.3 Å². The second kappa shape index (κ2) is 9.40. The van der Waals surface area contributed by atoms with Crippen LogP contribution in [0, 0.1) is 0 Å². The maximum absolute atomic E-state index is 13.3. The van der Waals surface area contributed by atoms with Crippen molar-refractivity contribution in [3.63, 3.8) is 0 Å². The Balaban J connectivity index is 1.78. The fraction of sp³-hybridized carbons (Fsp3) is 0.458. The van der Waals surface area contributed by atoms with E-state index in [0.717, 1.165) is 31.3 Å². The predicted molar refractivity (Wildman–Crippen MR) is 121 cm³/mol. The minimum atomic E-state index is -3.57. The minimum absolute atomic E-state index is 0.0226. The zero-order valence-electron chi connectivity index (χ0n) is 18.6. The van der Waals surface area contributed by atoms with Gasteiger partial charge >= 0.3 is 10.1 Å². The van der Waals surface area contributed by atoms with E-state index in [-0.39, 0.29) is 23.2 Å². The average molecular weight is 446 g/mol. The van der Waals surface area contributed by atoms with Crippen LogP contribution in [0.25, 0.3) is 0 Å². The third-order valence-corrected chi connectivity index (χ3v) is 5.77. The van der Waals surface area contributed by atoms with Crippen molar-refractivity contribution < 1.29 is 22.1 Å². The molecule has 1 fully saturated rings. The molecule has 0 spiro atoms. The number of rotatable bonds is 7. The molecule has 1 amide bonds. The van der Waals surface area contributed by atoms with Gasteiger partial charge in [0.05, 0.1) is 12.4 Å². The van der Waals surface area contributed by atoms with Gasteiger partial charge < -0.3 is 13.8 Å². The summed E-state index contributed by atoms with van der Waals surface area (Å²) >= 11 is 0. The number of hydrogen-bond acceptors (Lipinski definition) is 5. The van der Waals surface area contributed by atoms with Crippen LogP contribution >= 0.6 is 0 Å². The summed E-state index contributed by atoms with van der Waals surface area (Å²) in [4.78, 5) is 15.1. The Hall–Kier alpha value is -2.38. The lowest BCUT2D eigenvalue weighted by Gasteiger charge is -2.26. The standard InChI is InChI=1S/C24H31NO5S/c1-24(2,3)20-11-9-19(10-12-20)23(26)25(17-22-6-5-15-29-22)16-18-7-13-21(14-8-18)30-31(4,27)28/h7-14,22H,5-6,15-17H2,1-4H3. The highest BCUT2D eigenvalue weighted by Gasteiger charge is 2.24. The highest BCUT2D eigenvalue weighted by molar-refractivity contribution is 7.86. The molecule has 1 heterocycles. The van der Waals surface area contributed by atoms with Gasteiger partial charge in [-0.05, 0) is 53.6 Å². The first-order valence-corrected chi connectivity index (χ1v) is 12.3. The number of carbonyl (C=O) groups is 1. The molecule has 3 rings (SSSR count). The van der Waals surface area contributed by atoms with Crippen LogP contribution in [0.1, 0.15) is 55.1 Å². The molecule has 0 N–H and O–H groups in total. The summed E-state index contributed by atoms with van der Waals surface area (Å²) in [5, 5.41) is 0. The molecule has 7 heteroatoms. The van der Waals surface area contributed by atoms with Gasteiger partial charge in [-0.15, -0.1) is 0 Å². The number of hydrogen-bond donors (Lipinski definition) is 0. The summed E-state index contributed by atoms with van der Waals surface area (Å²) in [6, 6.07) is 14.5. The number of amides is 1. The molecule has 1 atom stereocenters. The van der Waals surface area contributed by atoms with Gasteiger partial charge in [0.25, 0.3) is 5.91 Å².